The Hall–Kier alpha value is -2.49. The van der Waals surface area contributed by atoms with Gasteiger partial charge in [0.1, 0.15) is 6.04 Å². The van der Waals surface area contributed by atoms with Crippen molar-refractivity contribution < 1.29 is 14.7 Å². The summed E-state index contributed by atoms with van der Waals surface area (Å²) in [4.78, 5) is 27.7. The number of carboxylic acid groups (broad SMARTS) is 1. The van der Waals surface area contributed by atoms with Crippen LogP contribution in [0.5, 0.6) is 0 Å². The Kier molecular flexibility index (Phi) is 7.52. The van der Waals surface area contributed by atoms with E-state index in [-0.39, 0.29) is 30.5 Å². The van der Waals surface area contributed by atoms with Crippen molar-refractivity contribution in [2.24, 2.45) is 22.4 Å². The van der Waals surface area contributed by atoms with Gasteiger partial charge in [-0.2, -0.15) is 0 Å². The molecule has 0 radical (unpaired) electrons. The molecule has 10 heteroatoms. The summed E-state index contributed by atoms with van der Waals surface area (Å²) in [6, 6.07) is -0.432. The molecular formula is C16H27N7O3. The molecule has 0 bridgehead atoms. The number of hydrogen-bond acceptors (Lipinski definition) is 6. The molecule has 1 saturated heterocycles. The van der Waals surface area contributed by atoms with Gasteiger partial charge in [0.2, 0.25) is 0 Å². The monoisotopic (exact) mass is 365 g/mol. The predicted molar refractivity (Wildman–Crippen MR) is 95.5 cm³/mol. The SMILES string of the molecule is NC(N)=NCCC[C@@H](C(=O)C1CCNCC1)n1cc(CCC(=O)O)nn1. The predicted octanol–water partition coefficient (Wildman–Crippen LogP) is -0.541. The van der Waals surface area contributed by atoms with Crippen LogP contribution in [0, 0.1) is 5.92 Å². The fourth-order valence-corrected chi connectivity index (χ4v) is 3.09. The van der Waals surface area contributed by atoms with E-state index in [1.54, 1.807) is 10.9 Å². The van der Waals surface area contributed by atoms with Gasteiger partial charge < -0.3 is 21.9 Å². The number of carboxylic acids is 1. The quantitative estimate of drug-likeness (QED) is 0.244. The summed E-state index contributed by atoms with van der Waals surface area (Å²) in [6.07, 6.45) is 4.76. The highest BCUT2D eigenvalue weighted by molar-refractivity contribution is 5.85. The van der Waals surface area contributed by atoms with Gasteiger partial charge in [-0.1, -0.05) is 5.21 Å². The number of Topliss-reactive ketones (excluding diaryl/α,β-unsaturated/α-hetero) is 1. The minimum atomic E-state index is -0.890. The fourth-order valence-electron chi connectivity index (χ4n) is 3.09. The number of aryl methyl sites for hydroxylation is 1. The van der Waals surface area contributed by atoms with E-state index in [2.05, 4.69) is 20.6 Å². The summed E-state index contributed by atoms with van der Waals surface area (Å²) < 4.78 is 1.57. The zero-order valence-corrected chi connectivity index (χ0v) is 14.8. The molecule has 1 aromatic rings. The van der Waals surface area contributed by atoms with Gasteiger partial charge in [-0.25, -0.2) is 4.68 Å². The third-order valence-corrected chi connectivity index (χ3v) is 4.47. The first-order valence-electron chi connectivity index (χ1n) is 8.89. The minimum Gasteiger partial charge on any atom is -0.481 e. The third-order valence-electron chi connectivity index (χ3n) is 4.47. The molecule has 10 nitrogen and oxygen atoms in total. The smallest absolute Gasteiger partial charge is 0.303 e. The van der Waals surface area contributed by atoms with Crippen molar-refractivity contribution in [1.29, 1.82) is 0 Å². The highest BCUT2D eigenvalue weighted by Crippen LogP contribution is 2.24. The normalized spacial score (nSPS) is 16.2. The molecule has 1 aromatic heterocycles. The number of ketones is 1. The fraction of sp³-hybridized carbons (Fsp3) is 0.688. The van der Waals surface area contributed by atoms with Crippen LogP contribution in [0.3, 0.4) is 0 Å². The van der Waals surface area contributed by atoms with Crippen molar-refractivity contribution in [3.05, 3.63) is 11.9 Å². The molecule has 1 fully saturated rings. The van der Waals surface area contributed by atoms with Gasteiger partial charge in [0, 0.05) is 25.1 Å². The van der Waals surface area contributed by atoms with Crippen LogP contribution in [-0.4, -0.2) is 57.4 Å². The van der Waals surface area contributed by atoms with Crippen molar-refractivity contribution in [2.75, 3.05) is 19.6 Å². The van der Waals surface area contributed by atoms with Crippen LogP contribution >= 0.6 is 0 Å². The number of aliphatic imine (C=N–C) groups is 1. The number of nitrogens with one attached hydrogen (secondary N) is 1. The molecule has 1 atom stereocenters. The van der Waals surface area contributed by atoms with E-state index in [9.17, 15) is 9.59 Å². The molecule has 2 heterocycles. The molecule has 0 saturated carbocycles. The number of rotatable bonds is 10. The summed E-state index contributed by atoms with van der Waals surface area (Å²) in [5.74, 6) is -0.719. The zero-order chi connectivity index (χ0) is 18.9. The number of aliphatic carboxylic acids is 1. The maximum atomic E-state index is 13.0. The largest absolute Gasteiger partial charge is 0.481 e. The second-order valence-electron chi connectivity index (χ2n) is 6.47. The van der Waals surface area contributed by atoms with Gasteiger partial charge in [0.05, 0.1) is 12.1 Å². The Balaban J connectivity index is 2.07. The summed E-state index contributed by atoms with van der Waals surface area (Å²) in [7, 11) is 0. The average molecular weight is 365 g/mol. The van der Waals surface area contributed by atoms with Crippen LogP contribution in [0.25, 0.3) is 0 Å². The van der Waals surface area contributed by atoms with Crippen LogP contribution in [0.4, 0.5) is 0 Å². The Morgan fingerprint density at radius 2 is 2.12 bits per heavy atom. The van der Waals surface area contributed by atoms with E-state index in [4.69, 9.17) is 16.6 Å². The number of carbonyl (C=O) groups is 2. The van der Waals surface area contributed by atoms with Gasteiger partial charge >= 0.3 is 5.97 Å². The van der Waals surface area contributed by atoms with E-state index < -0.39 is 12.0 Å². The molecule has 144 valence electrons. The second-order valence-corrected chi connectivity index (χ2v) is 6.47. The highest BCUT2D eigenvalue weighted by Gasteiger charge is 2.30. The van der Waals surface area contributed by atoms with E-state index in [0.717, 1.165) is 25.9 Å². The lowest BCUT2D eigenvalue weighted by atomic mass is 9.88. The lowest BCUT2D eigenvalue weighted by Crippen LogP contribution is -2.35. The first-order valence-corrected chi connectivity index (χ1v) is 8.89. The molecule has 2 rings (SSSR count). The summed E-state index contributed by atoms with van der Waals surface area (Å²) in [5, 5.41) is 20.1. The number of guanidine groups is 1. The number of nitrogens with zero attached hydrogens (tertiary/aromatic N) is 4. The van der Waals surface area contributed by atoms with E-state index in [1.165, 1.54) is 0 Å². The van der Waals surface area contributed by atoms with Crippen LogP contribution in [0.15, 0.2) is 11.2 Å². The standard InChI is InChI=1S/C16H27N7O3/c17-16(18)20-7-1-2-13(15(26)11-5-8-19-9-6-11)23-10-12(21-22-23)3-4-14(24)25/h10-11,13,19H,1-9H2,(H,24,25)(H4,17,18,20)/t13-/m0/s1. The highest BCUT2D eigenvalue weighted by atomic mass is 16.4. The average Bonchev–Trinajstić information content (AvgIpc) is 3.08. The van der Waals surface area contributed by atoms with Crippen molar-refractivity contribution in [2.45, 2.75) is 44.6 Å². The lowest BCUT2D eigenvalue weighted by Gasteiger charge is -2.25. The topological polar surface area (TPSA) is 162 Å². The van der Waals surface area contributed by atoms with Crippen LogP contribution in [0.1, 0.15) is 43.8 Å². The van der Waals surface area contributed by atoms with Gasteiger partial charge in [0.25, 0.3) is 0 Å². The zero-order valence-electron chi connectivity index (χ0n) is 14.8. The number of carbonyl (C=O) groups excluding carboxylic acids is 1. The maximum absolute atomic E-state index is 13.0. The molecule has 26 heavy (non-hydrogen) atoms. The van der Waals surface area contributed by atoms with E-state index in [1.807, 2.05) is 0 Å². The second kappa shape index (κ2) is 9.85. The van der Waals surface area contributed by atoms with Crippen molar-refractivity contribution in [3.63, 3.8) is 0 Å². The Morgan fingerprint density at radius 3 is 2.77 bits per heavy atom. The van der Waals surface area contributed by atoms with Crippen LogP contribution < -0.4 is 16.8 Å². The Bertz CT molecular complexity index is 634. The minimum absolute atomic E-state index is 0.00370. The van der Waals surface area contributed by atoms with Crippen molar-refractivity contribution in [1.82, 2.24) is 20.3 Å². The number of aromatic nitrogens is 3. The molecule has 0 aliphatic carbocycles. The first-order chi connectivity index (χ1) is 12.5. The molecule has 0 unspecified atom stereocenters. The number of nitrogens with two attached hydrogens (primary N) is 2. The third kappa shape index (κ3) is 6.10. The molecule has 0 amide bonds. The molecule has 1 aliphatic rings. The first kappa shape index (κ1) is 19.8. The Morgan fingerprint density at radius 1 is 1.38 bits per heavy atom. The van der Waals surface area contributed by atoms with Crippen molar-refractivity contribution >= 4 is 17.7 Å². The van der Waals surface area contributed by atoms with Gasteiger partial charge in [0.15, 0.2) is 11.7 Å². The van der Waals surface area contributed by atoms with Crippen LogP contribution in [0.2, 0.25) is 0 Å². The maximum Gasteiger partial charge on any atom is 0.303 e. The van der Waals surface area contributed by atoms with Crippen molar-refractivity contribution in [3.8, 4) is 0 Å². The van der Waals surface area contributed by atoms with E-state index in [0.29, 0.717) is 25.1 Å². The van der Waals surface area contributed by atoms with Crippen LogP contribution in [-0.2, 0) is 16.0 Å². The number of piperidine rings is 1. The Labute approximate surface area is 152 Å². The number of hydrogen-bond donors (Lipinski definition) is 4. The molecule has 6 N–H and O–H groups in total. The summed E-state index contributed by atoms with van der Waals surface area (Å²) in [6.45, 7) is 2.11. The molecule has 0 spiro atoms. The summed E-state index contributed by atoms with van der Waals surface area (Å²) in [5.41, 5.74) is 11.2. The molecule has 1 aliphatic heterocycles. The van der Waals surface area contributed by atoms with Gasteiger partial charge in [-0.05, 0) is 38.8 Å². The molecular weight excluding hydrogens is 338 g/mol. The van der Waals surface area contributed by atoms with Gasteiger partial charge in [-0.3, -0.25) is 14.6 Å². The lowest BCUT2D eigenvalue weighted by molar-refractivity contribution is -0.137. The van der Waals surface area contributed by atoms with Gasteiger partial charge in [-0.15, -0.1) is 5.10 Å². The van der Waals surface area contributed by atoms with E-state index >= 15 is 0 Å². The molecule has 0 aromatic carbocycles. The summed E-state index contributed by atoms with van der Waals surface area (Å²) >= 11 is 0.